The Bertz CT molecular complexity index is 1340. The Kier molecular flexibility index (Phi) is 10.4. The van der Waals surface area contributed by atoms with Crippen molar-refractivity contribution >= 4 is 51.4 Å². The van der Waals surface area contributed by atoms with Gasteiger partial charge in [0.15, 0.2) is 0 Å². The molecular formula is C32H40ClN5O3. The molecule has 0 atom stereocenters. The number of hydrogen-bond donors (Lipinski definition) is 2. The Balaban J connectivity index is 1.25. The highest BCUT2D eigenvalue weighted by Crippen LogP contribution is 2.29. The quantitative estimate of drug-likeness (QED) is 0.191. The molecule has 1 aromatic heterocycles. The fraction of sp³-hybridized carbons (Fsp3) is 0.469. The number of benzene rings is 2. The van der Waals surface area contributed by atoms with Gasteiger partial charge in [-0.2, -0.15) is 0 Å². The van der Waals surface area contributed by atoms with Crippen molar-refractivity contribution in [3.05, 3.63) is 59.2 Å². The molecule has 5 rings (SSSR count). The minimum Gasteiger partial charge on any atom is -0.461 e. The summed E-state index contributed by atoms with van der Waals surface area (Å²) in [6.45, 7) is 5.82. The molecule has 0 aliphatic carbocycles. The third kappa shape index (κ3) is 8.89. The number of piperidine rings is 1. The summed E-state index contributed by atoms with van der Waals surface area (Å²) in [6, 6.07) is 13.2. The Morgan fingerprint density at radius 3 is 2.46 bits per heavy atom. The lowest BCUT2D eigenvalue weighted by molar-refractivity contribution is -0.145. The highest BCUT2D eigenvalue weighted by molar-refractivity contribution is 6.31. The number of nitrogens with zero attached hydrogens (tertiary/aromatic N) is 3. The normalized spacial score (nSPS) is 16.1. The van der Waals surface area contributed by atoms with E-state index in [1.165, 1.54) is 32.4 Å². The van der Waals surface area contributed by atoms with E-state index in [-0.39, 0.29) is 18.5 Å². The first-order valence-corrected chi connectivity index (χ1v) is 15.2. The molecule has 41 heavy (non-hydrogen) atoms. The molecule has 8 nitrogen and oxygen atoms in total. The van der Waals surface area contributed by atoms with Crippen LogP contribution in [0.3, 0.4) is 0 Å². The van der Waals surface area contributed by atoms with Gasteiger partial charge < -0.3 is 20.3 Å². The number of amides is 1. The van der Waals surface area contributed by atoms with E-state index in [1.54, 1.807) is 6.20 Å². The minimum absolute atomic E-state index is 0.0472. The number of likely N-dealkylation sites (tertiary alicyclic amines) is 2. The molecule has 3 aromatic rings. The number of esters is 1. The Morgan fingerprint density at radius 2 is 1.63 bits per heavy atom. The fourth-order valence-electron chi connectivity index (χ4n) is 5.67. The van der Waals surface area contributed by atoms with Crippen LogP contribution in [0, 0.1) is 0 Å². The van der Waals surface area contributed by atoms with Gasteiger partial charge >= 0.3 is 5.97 Å². The number of carbonyl (C=O) groups excluding carboxylic acids is 2. The predicted octanol–water partition coefficient (Wildman–Crippen LogP) is 6.37. The summed E-state index contributed by atoms with van der Waals surface area (Å²) in [5.41, 5.74) is 3.89. The van der Waals surface area contributed by atoms with Gasteiger partial charge in [0.25, 0.3) is 0 Å². The summed E-state index contributed by atoms with van der Waals surface area (Å²) in [5, 5.41) is 8.08. The van der Waals surface area contributed by atoms with Crippen LogP contribution in [0.25, 0.3) is 10.9 Å². The third-order valence-corrected chi connectivity index (χ3v) is 8.02. The fourth-order valence-corrected chi connectivity index (χ4v) is 5.84. The minimum atomic E-state index is -0.197. The number of unbranched alkanes of at least 4 members (excludes halogenated alkanes) is 1. The summed E-state index contributed by atoms with van der Waals surface area (Å²) in [4.78, 5) is 34.5. The topological polar surface area (TPSA) is 86.8 Å². The monoisotopic (exact) mass is 577 g/mol. The summed E-state index contributed by atoms with van der Waals surface area (Å²) in [5.74, 6) is -0.244. The van der Waals surface area contributed by atoms with Gasteiger partial charge in [0.1, 0.15) is 6.61 Å². The second-order valence-electron chi connectivity index (χ2n) is 11.1. The molecule has 2 aliphatic heterocycles. The lowest BCUT2D eigenvalue weighted by Crippen LogP contribution is -2.36. The molecule has 0 unspecified atom stereocenters. The molecule has 2 aliphatic rings. The van der Waals surface area contributed by atoms with Crippen molar-refractivity contribution < 1.29 is 14.3 Å². The van der Waals surface area contributed by atoms with Crippen LogP contribution < -0.4 is 10.6 Å². The summed E-state index contributed by atoms with van der Waals surface area (Å²) in [7, 11) is 0. The van der Waals surface area contributed by atoms with E-state index in [1.807, 2.05) is 42.5 Å². The summed E-state index contributed by atoms with van der Waals surface area (Å²) in [6.07, 6.45) is 10.0. The number of rotatable bonds is 12. The van der Waals surface area contributed by atoms with Gasteiger partial charge in [0.05, 0.1) is 12.1 Å². The van der Waals surface area contributed by atoms with Crippen LogP contribution in [0.1, 0.15) is 56.9 Å². The lowest BCUT2D eigenvalue weighted by Gasteiger charge is -2.25. The lowest BCUT2D eigenvalue weighted by atomic mass is 10.1. The van der Waals surface area contributed by atoms with Crippen molar-refractivity contribution in [3.63, 3.8) is 0 Å². The number of halogens is 1. The molecule has 0 bridgehead atoms. The molecule has 3 heterocycles. The molecule has 1 amide bonds. The van der Waals surface area contributed by atoms with Crippen molar-refractivity contribution in [1.29, 1.82) is 0 Å². The number of aromatic nitrogens is 1. The van der Waals surface area contributed by atoms with Crippen molar-refractivity contribution in [2.45, 2.75) is 58.0 Å². The number of fused-ring (bicyclic) bond motifs is 1. The van der Waals surface area contributed by atoms with Crippen molar-refractivity contribution in [2.24, 2.45) is 0 Å². The summed E-state index contributed by atoms with van der Waals surface area (Å²) >= 11 is 6.17. The van der Waals surface area contributed by atoms with Crippen molar-refractivity contribution in [2.75, 3.05) is 49.9 Å². The van der Waals surface area contributed by atoms with Gasteiger partial charge in [0.2, 0.25) is 5.91 Å². The number of anilines is 3. The van der Waals surface area contributed by atoms with Gasteiger partial charge in [-0.3, -0.25) is 19.5 Å². The molecular weight excluding hydrogens is 538 g/mol. The number of hydrogen-bond acceptors (Lipinski definition) is 7. The first kappa shape index (κ1) is 29.3. The van der Waals surface area contributed by atoms with E-state index >= 15 is 0 Å². The summed E-state index contributed by atoms with van der Waals surface area (Å²) < 4.78 is 5.64. The number of carbonyl (C=O) groups is 2. The maximum Gasteiger partial charge on any atom is 0.306 e. The van der Waals surface area contributed by atoms with E-state index in [2.05, 4.69) is 25.4 Å². The van der Waals surface area contributed by atoms with Crippen molar-refractivity contribution in [1.82, 2.24) is 14.8 Å². The van der Waals surface area contributed by atoms with Gasteiger partial charge in [-0.15, -0.1) is 0 Å². The first-order chi connectivity index (χ1) is 20.0. The largest absolute Gasteiger partial charge is 0.461 e. The Morgan fingerprint density at radius 1 is 0.878 bits per heavy atom. The second kappa shape index (κ2) is 14.6. The van der Waals surface area contributed by atoms with Crippen LogP contribution in [-0.4, -0.2) is 65.9 Å². The predicted molar refractivity (Wildman–Crippen MR) is 165 cm³/mol. The van der Waals surface area contributed by atoms with Crippen LogP contribution in [0.2, 0.25) is 5.02 Å². The van der Waals surface area contributed by atoms with Crippen LogP contribution in [0.15, 0.2) is 48.7 Å². The van der Waals surface area contributed by atoms with Crippen molar-refractivity contribution in [3.8, 4) is 0 Å². The molecule has 2 aromatic carbocycles. The molecule has 0 saturated carbocycles. The number of ether oxygens (including phenoxy) is 1. The molecule has 2 N–H and O–H groups in total. The first-order valence-electron chi connectivity index (χ1n) is 14.9. The van der Waals surface area contributed by atoms with Gasteiger partial charge in [-0.05, 0) is 119 Å². The smallest absolute Gasteiger partial charge is 0.306 e. The zero-order valence-electron chi connectivity index (χ0n) is 23.7. The number of nitrogens with one attached hydrogen (secondary N) is 2. The third-order valence-electron chi connectivity index (χ3n) is 7.78. The average molecular weight is 578 g/mol. The molecule has 0 radical (unpaired) electrons. The second-order valence-corrected chi connectivity index (χ2v) is 11.6. The van der Waals surface area contributed by atoms with Crippen LogP contribution in [-0.2, 0) is 20.9 Å². The standard InChI is InChI=1S/C32H40ClN5O3/c33-25-9-10-28-29(11-12-34-30(28)20-25)35-26-18-24(23-41-32(40)8-2-5-13-37-14-6-7-15-37)19-27(21-26)36-31(39)22-38-16-3-1-4-17-38/h9-12,18-21H,1-8,13-17,22-23H2,(H,34,35)(H,36,39). The van der Waals surface area contributed by atoms with Gasteiger partial charge in [0, 0.05) is 40.1 Å². The highest BCUT2D eigenvalue weighted by Gasteiger charge is 2.15. The van der Waals surface area contributed by atoms with E-state index < -0.39 is 0 Å². The van der Waals surface area contributed by atoms with Gasteiger partial charge in [-0.1, -0.05) is 18.0 Å². The SMILES string of the molecule is O=C(CN1CCCCC1)Nc1cc(COC(=O)CCCCN2CCCC2)cc(Nc2ccnc3cc(Cl)ccc23)c1. The van der Waals surface area contributed by atoms with E-state index in [9.17, 15) is 9.59 Å². The highest BCUT2D eigenvalue weighted by atomic mass is 35.5. The van der Waals surface area contributed by atoms with Crippen LogP contribution in [0.4, 0.5) is 17.1 Å². The molecule has 2 fully saturated rings. The average Bonchev–Trinajstić information content (AvgIpc) is 3.48. The molecule has 2 saturated heterocycles. The maximum absolute atomic E-state index is 12.9. The maximum atomic E-state index is 12.9. The van der Waals surface area contributed by atoms with Crippen LogP contribution >= 0.6 is 11.6 Å². The number of pyridine rings is 1. The van der Waals surface area contributed by atoms with E-state index in [0.717, 1.165) is 73.2 Å². The molecule has 218 valence electrons. The zero-order chi connectivity index (χ0) is 28.4. The molecule has 9 heteroatoms. The van der Waals surface area contributed by atoms with Crippen LogP contribution in [0.5, 0.6) is 0 Å². The zero-order valence-corrected chi connectivity index (χ0v) is 24.4. The van der Waals surface area contributed by atoms with E-state index in [0.29, 0.717) is 23.7 Å². The Hall–Kier alpha value is -3.20. The Labute approximate surface area is 247 Å². The molecule has 0 spiro atoms. The van der Waals surface area contributed by atoms with Gasteiger partial charge in [-0.25, -0.2) is 0 Å². The van der Waals surface area contributed by atoms with E-state index in [4.69, 9.17) is 16.3 Å².